The minimum absolute atomic E-state index is 0.0186. The Morgan fingerprint density at radius 1 is 0.968 bits per heavy atom. The van der Waals surface area contributed by atoms with E-state index in [0.29, 0.717) is 19.0 Å². The van der Waals surface area contributed by atoms with Gasteiger partial charge in [0.05, 0.1) is 0 Å². The van der Waals surface area contributed by atoms with Gasteiger partial charge in [-0.1, -0.05) is 56.5 Å². The molecule has 2 heterocycles. The van der Waals surface area contributed by atoms with E-state index in [1.54, 1.807) is 4.90 Å². The normalized spacial score (nSPS) is 22.6. The largest absolute Gasteiger partial charge is 0.327 e. The Labute approximate surface area is 187 Å². The van der Waals surface area contributed by atoms with Crippen molar-refractivity contribution in [3.8, 4) is 0 Å². The zero-order valence-electron chi connectivity index (χ0n) is 19.2. The molecule has 0 aromatic heterocycles. The molecule has 2 aliphatic heterocycles. The fourth-order valence-electron chi connectivity index (χ4n) is 5.89. The first-order chi connectivity index (χ1) is 15.1. The molecular weight excluding hydrogens is 386 g/mol. The van der Waals surface area contributed by atoms with Gasteiger partial charge in [-0.3, -0.25) is 9.69 Å². The van der Waals surface area contributed by atoms with E-state index >= 15 is 0 Å². The molecule has 1 aromatic carbocycles. The second-order valence-corrected chi connectivity index (χ2v) is 9.82. The molecular formula is C26H39N3O2. The summed E-state index contributed by atoms with van der Waals surface area (Å²) in [5.41, 5.74) is 0.803. The van der Waals surface area contributed by atoms with E-state index in [4.69, 9.17) is 0 Å². The summed E-state index contributed by atoms with van der Waals surface area (Å²) in [6.45, 7) is 6.32. The summed E-state index contributed by atoms with van der Waals surface area (Å²) in [6, 6.07) is 10.6. The first-order valence-corrected chi connectivity index (χ1v) is 12.5. The van der Waals surface area contributed by atoms with Gasteiger partial charge in [-0.25, -0.2) is 4.79 Å². The Morgan fingerprint density at radius 2 is 1.68 bits per heavy atom. The highest BCUT2D eigenvalue weighted by Gasteiger charge is 2.57. The maximum atomic E-state index is 13.6. The summed E-state index contributed by atoms with van der Waals surface area (Å²) in [6.07, 6.45) is 10.8. The van der Waals surface area contributed by atoms with E-state index in [9.17, 15) is 9.59 Å². The van der Waals surface area contributed by atoms with Crippen molar-refractivity contribution in [3.05, 3.63) is 35.9 Å². The molecule has 1 spiro atoms. The highest BCUT2D eigenvalue weighted by Crippen LogP contribution is 2.38. The Kier molecular flexibility index (Phi) is 7.31. The van der Waals surface area contributed by atoms with Crippen molar-refractivity contribution in [1.82, 2.24) is 14.7 Å². The number of carbonyl (C=O) groups excluding carboxylic acids is 2. The second-order valence-electron chi connectivity index (χ2n) is 9.82. The van der Waals surface area contributed by atoms with Gasteiger partial charge >= 0.3 is 6.03 Å². The minimum atomic E-state index is -0.586. The Balaban J connectivity index is 1.36. The molecule has 0 N–H and O–H groups in total. The maximum absolute atomic E-state index is 13.6. The van der Waals surface area contributed by atoms with Crippen molar-refractivity contribution in [1.29, 1.82) is 0 Å². The third kappa shape index (κ3) is 4.82. The zero-order valence-corrected chi connectivity index (χ0v) is 19.2. The van der Waals surface area contributed by atoms with Crippen molar-refractivity contribution in [2.24, 2.45) is 5.92 Å². The standard InChI is InChI=1S/C26H39N3O2/c1-2-17-29-25(31)28(21-23-12-7-4-8-13-23)24(30)26(29)15-19-27(20-16-26)18-9-14-22-10-5-3-6-11-22/h3,5-6,10-11,23H,2,4,7-9,12-21H2,1H3. The van der Waals surface area contributed by atoms with Gasteiger partial charge in [-0.2, -0.15) is 0 Å². The third-order valence-corrected chi connectivity index (χ3v) is 7.70. The summed E-state index contributed by atoms with van der Waals surface area (Å²) in [4.78, 5) is 32.9. The molecule has 0 atom stereocenters. The molecule has 0 radical (unpaired) electrons. The molecule has 170 valence electrons. The summed E-state index contributed by atoms with van der Waals surface area (Å²) in [5.74, 6) is 0.596. The van der Waals surface area contributed by atoms with Crippen LogP contribution in [0.1, 0.15) is 70.3 Å². The number of aryl methyl sites for hydroxylation is 1. The molecule has 3 amide bonds. The summed E-state index contributed by atoms with van der Waals surface area (Å²) >= 11 is 0. The predicted molar refractivity (Wildman–Crippen MR) is 124 cm³/mol. The molecule has 5 nitrogen and oxygen atoms in total. The first-order valence-electron chi connectivity index (χ1n) is 12.5. The molecule has 5 heteroatoms. The van der Waals surface area contributed by atoms with Crippen molar-refractivity contribution in [2.45, 2.75) is 76.7 Å². The number of benzene rings is 1. The number of hydrogen-bond donors (Lipinski definition) is 0. The van der Waals surface area contributed by atoms with Gasteiger partial charge in [0.1, 0.15) is 5.54 Å². The summed E-state index contributed by atoms with van der Waals surface area (Å²) in [5, 5.41) is 0. The van der Waals surface area contributed by atoms with Crippen molar-refractivity contribution in [3.63, 3.8) is 0 Å². The average Bonchev–Trinajstić information content (AvgIpc) is 2.99. The third-order valence-electron chi connectivity index (χ3n) is 7.70. The number of likely N-dealkylation sites (tertiary alicyclic amines) is 1. The molecule has 31 heavy (non-hydrogen) atoms. The Hall–Kier alpha value is -1.88. The van der Waals surface area contributed by atoms with Crippen LogP contribution in [0.15, 0.2) is 30.3 Å². The molecule has 0 bridgehead atoms. The number of hydrogen-bond acceptors (Lipinski definition) is 3. The van der Waals surface area contributed by atoms with Gasteiger partial charge < -0.3 is 9.80 Å². The SMILES string of the molecule is CCCN1C(=O)N(CC2CCCCC2)C(=O)C12CCN(CCCc1ccccc1)CC2. The first kappa shape index (κ1) is 22.3. The lowest BCUT2D eigenvalue weighted by molar-refractivity contribution is -0.136. The molecule has 3 fully saturated rings. The van der Waals surface area contributed by atoms with Crippen LogP contribution in [0.3, 0.4) is 0 Å². The van der Waals surface area contributed by atoms with Gasteiger partial charge in [0.25, 0.3) is 5.91 Å². The van der Waals surface area contributed by atoms with Gasteiger partial charge in [-0.05, 0) is 63.0 Å². The van der Waals surface area contributed by atoms with Crippen LogP contribution in [0.4, 0.5) is 4.79 Å². The van der Waals surface area contributed by atoms with Crippen molar-refractivity contribution >= 4 is 11.9 Å². The molecule has 0 unspecified atom stereocenters. The van der Waals surface area contributed by atoms with Crippen molar-refractivity contribution in [2.75, 3.05) is 32.7 Å². The fourth-order valence-corrected chi connectivity index (χ4v) is 5.89. The van der Waals surface area contributed by atoms with E-state index in [1.165, 1.54) is 24.8 Å². The molecule has 1 saturated carbocycles. The number of piperidine rings is 1. The number of carbonyl (C=O) groups is 2. The smallest absolute Gasteiger partial charge is 0.309 e. The molecule has 1 aromatic rings. The van der Waals surface area contributed by atoms with Crippen LogP contribution in [-0.2, 0) is 11.2 Å². The average molecular weight is 426 g/mol. The number of amides is 3. The van der Waals surface area contributed by atoms with Crippen LogP contribution in [0.25, 0.3) is 0 Å². The van der Waals surface area contributed by atoms with Gasteiger partial charge in [0, 0.05) is 26.2 Å². The Morgan fingerprint density at radius 3 is 2.35 bits per heavy atom. The van der Waals surface area contributed by atoms with Crippen LogP contribution < -0.4 is 0 Å². The number of rotatable bonds is 8. The highest BCUT2D eigenvalue weighted by atomic mass is 16.2. The lowest BCUT2D eigenvalue weighted by Gasteiger charge is -2.42. The monoisotopic (exact) mass is 425 g/mol. The number of nitrogens with zero attached hydrogens (tertiary/aromatic N) is 3. The lowest BCUT2D eigenvalue weighted by Crippen LogP contribution is -2.56. The predicted octanol–water partition coefficient (Wildman–Crippen LogP) is 4.71. The molecule has 2 saturated heterocycles. The molecule has 1 aliphatic carbocycles. The van der Waals surface area contributed by atoms with E-state index < -0.39 is 5.54 Å². The van der Waals surface area contributed by atoms with E-state index in [0.717, 1.165) is 64.6 Å². The van der Waals surface area contributed by atoms with Gasteiger partial charge in [-0.15, -0.1) is 0 Å². The maximum Gasteiger partial charge on any atom is 0.327 e. The van der Waals surface area contributed by atoms with Crippen molar-refractivity contribution < 1.29 is 9.59 Å². The second kappa shape index (κ2) is 10.2. The lowest BCUT2D eigenvalue weighted by atomic mass is 9.85. The highest BCUT2D eigenvalue weighted by molar-refractivity contribution is 6.07. The van der Waals surface area contributed by atoms with E-state index in [1.807, 2.05) is 4.90 Å². The van der Waals surface area contributed by atoms with Crippen LogP contribution in [0.5, 0.6) is 0 Å². The van der Waals surface area contributed by atoms with Gasteiger partial charge in [0.2, 0.25) is 0 Å². The summed E-state index contributed by atoms with van der Waals surface area (Å²) < 4.78 is 0. The number of urea groups is 1. The number of imide groups is 1. The zero-order chi connectivity index (χ0) is 21.7. The van der Waals surface area contributed by atoms with Crippen LogP contribution in [-0.4, -0.2) is 64.9 Å². The van der Waals surface area contributed by atoms with Crippen LogP contribution in [0, 0.1) is 5.92 Å². The molecule has 4 rings (SSSR count). The quantitative estimate of drug-likeness (QED) is 0.567. The van der Waals surface area contributed by atoms with Crippen LogP contribution >= 0.6 is 0 Å². The topological polar surface area (TPSA) is 43.9 Å². The van der Waals surface area contributed by atoms with E-state index in [-0.39, 0.29) is 11.9 Å². The minimum Gasteiger partial charge on any atom is -0.309 e. The fraction of sp³-hybridized carbons (Fsp3) is 0.692. The summed E-state index contributed by atoms with van der Waals surface area (Å²) in [7, 11) is 0. The Bertz CT molecular complexity index is 736. The molecule has 3 aliphatic rings. The van der Waals surface area contributed by atoms with E-state index in [2.05, 4.69) is 42.2 Å². The van der Waals surface area contributed by atoms with Gasteiger partial charge in [0.15, 0.2) is 0 Å². The van der Waals surface area contributed by atoms with Crippen LogP contribution in [0.2, 0.25) is 0 Å².